The number of aromatic nitrogens is 2. The number of alkyl halides is 2. The van der Waals surface area contributed by atoms with Crippen molar-refractivity contribution < 1.29 is 22.3 Å². The van der Waals surface area contributed by atoms with Gasteiger partial charge in [-0.3, -0.25) is 4.98 Å². The van der Waals surface area contributed by atoms with Crippen LogP contribution >= 0.6 is 0 Å². The van der Waals surface area contributed by atoms with Gasteiger partial charge in [-0.05, 0) is 24.3 Å². The number of benzene rings is 1. The first-order chi connectivity index (χ1) is 15.3. The molecule has 11 heteroatoms. The summed E-state index contributed by atoms with van der Waals surface area (Å²) in [5.74, 6) is -1.57. The zero-order chi connectivity index (χ0) is 23.1. The predicted molar refractivity (Wildman–Crippen MR) is 113 cm³/mol. The summed E-state index contributed by atoms with van der Waals surface area (Å²) < 4.78 is 57.9. The number of hydrogen-bond donors (Lipinski definition) is 3. The lowest BCUT2D eigenvalue weighted by Crippen LogP contribution is -2.23. The summed E-state index contributed by atoms with van der Waals surface area (Å²) in [6.07, 6.45) is 0.952. The van der Waals surface area contributed by atoms with Crippen molar-refractivity contribution in [2.45, 2.75) is 6.43 Å². The highest BCUT2D eigenvalue weighted by molar-refractivity contribution is 6.00. The van der Waals surface area contributed by atoms with Gasteiger partial charge in [-0.1, -0.05) is 12.1 Å². The number of nitrogens with two attached hydrogens (primary N) is 2. The molecule has 0 aliphatic rings. The molecule has 0 atom stereocenters. The fourth-order valence-electron chi connectivity index (χ4n) is 2.62. The van der Waals surface area contributed by atoms with Crippen molar-refractivity contribution in [3.8, 4) is 5.88 Å². The van der Waals surface area contributed by atoms with E-state index < -0.39 is 24.7 Å². The van der Waals surface area contributed by atoms with Crippen LogP contribution in [-0.4, -0.2) is 29.0 Å². The van der Waals surface area contributed by atoms with Crippen molar-refractivity contribution >= 4 is 23.0 Å². The lowest BCUT2D eigenvalue weighted by molar-refractivity contribution is 0.0796. The van der Waals surface area contributed by atoms with E-state index in [0.717, 1.165) is 6.20 Å². The van der Waals surface area contributed by atoms with E-state index in [2.05, 4.69) is 20.3 Å². The van der Waals surface area contributed by atoms with Gasteiger partial charge in [-0.25, -0.2) is 27.5 Å². The van der Waals surface area contributed by atoms with E-state index in [9.17, 15) is 17.6 Å². The quantitative estimate of drug-likeness (QED) is 0.291. The standard InChI is InChI=1S/C21H18F4N6O/c22-15-4-2-1-3-14(15)20(19(26)13-7-8-28-10-16(13)23)31-21(27)30-12-5-6-18(29-9-12)32-11-17(24)25/h1-10,17H,11,26H2,(H3,27,30,31)/b20-19-. The van der Waals surface area contributed by atoms with Crippen LogP contribution in [0.25, 0.3) is 11.4 Å². The molecule has 0 unspecified atom stereocenters. The van der Waals surface area contributed by atoms with Gasteiger partial charge in [0.1, 0.15) is 11.5 Å². The molecule has 3 rings (SSSR count). The summed E-state index contributed by atoms with van der Waals surface area (Å²) in [5, 5.41) is 2.72. The smallest absolute Gasteiger partial charge is 0.272 e. The van der Waals surface area contributed by atoms with Gasteiger partial charge in [-0.2, -0.15) is 0 Å². The summed E-state index contributed by atoms with van der Waals surface area (Å²) in [6, 6.07) is 9.81. The molecule has 0 saturated carbocycles. The van der Waals surface area contributed by atoms with Crippen molar-refractivity contribution in [1.82, 2.24) is 9.97 Å². The Labute approximate surface area is 180 Å². The van der Waals surface area contributed by atoms with Gasteiger partial charge in [0.25, 0.3) is 6.43 Å². The van der Waals surface area contributed by atoms with E-state index in [0.29, 0.717) is 5.69 Å². The number of rotatable bonds is 7. The van der Waals surface area contributed by atoms with Crippen LogP contribution in [0.5, 0.6) is 5.88 Å². The van der Waals surface area contributed by atoms with Crippen molar-refractivity contribution in [3.05, 3.63) is 83.8 Å². The van der Waals surface area contributed by atoms with Crippen LogP contribution in [0.1, 0.15) is 11.1 Å². The minimum Gasteiger partial charge on any atom is -0.472 e. The monoisotopic (exact) mass is 446 g/mol. The summed E-state index contributed by atoms with van der Waals surface area (Å²) in [6.45, 7) is -0.787. The molecule has 2 aromatic heterocycles. The van der Waals surface area contributed by atoms with E-state index in [1.165, 1.54) is 48.8 Å². The minimum absolute atomic E-state index is 0.000153. The van der Waals surface area contributed by atoms with Gasteiger partial charge in [0.05, 0.1) is 23.8 Å². The van der Waals surface area contributed by atoms with E-state index in [1.54, 1.807) is 6.07 Å². The Balaban J connectivity index is 1.93. The second-order valence-corrected chi connectivity index (χ2v) is 6.31. The van der Waals surface area contributed by atoms with Crippen LogP contribution in [0.4, 0.5) is 23.2 Å². The molecule has 0 amide bonds. The van der Waals surface area contributed by atoms with Crippen LogP contribution < -0.4 is 21.5 Å². The Morgan fingerprint density at radius 2 is 1.78 bits per heavy atom. The number of pyridine rings is 2. The maximum Gasteiger partial charge on any atom is 0.272 e. The first kappa shape index (κ1) is 22.5. The van der Waals surface area contributed by atoms with E-state index in [1.807, 2.05) is 0 Å². The number of nitrogens with one attached hydrogen (secondary N) is 1. The second-order valence-electron chi connectivity index (χ2n) is 6.31. The molecule has 0 saturated heterocycles. The van der Waals surface area contributed by atoms with Gasteiger partial charge in [0, 0.05) is 23.4 Å². The normalized spacial score (nSPS) is 12.5. The summed E-state index contributed by atoms with van der Waals surface area (Å²) in [7, 11) is 0. The third-order valence-corrected chi connectivity index (χ3v) is 4.04. The molecule has 166 valence electrons. The maximum atomic E-state index is 14.5. The number of aliphatic imine (C=N–C) groups is 1. The number of guanidine groups is 1. The maximum absolute atomic E-state index is 14.5. The highest BCUT2D eigenvalue weighted by Gasteiger charge is 2.16. The van der Waals surface area contributed by atoms with Gasteiger partial charge >= 0.3 is 0 Å². The summed E-state index contributed by atoms with van der Waals surface area (Å²) >= 11 is 0. The Bertz CT molecular complexity index is 1140. The SMILES string of the molecule is N/C(=C(\N=C(/N)Nc1ccc(OCC(F)F)nc1)c1ccccc1F)c1ccncc1F. The van der Waals surface area contributed by atoms with Crippen LogP contribution in [0.2, 0.25) is 0 Å². The van der Waals surface area contributed by atoms with Crippen molar-refractivity contribution in [2.24, 2.45) is 16.5 Å². The fraction of sp³-hybridized carbons (Fsp3) is 0.0952. The summed E-state index contributed by atoms with van der Waals surface area (Å²) in [5.41, 5.74) is 12.1. The first-order valence-corrected chi connectivity index (χ1v) is 9.18. The fourth-order valence-corrected chi connectivity index (χ4v) is 2.62. The Kier molecular flexibility index (Phi) is 7.21. The Morgan fingerprint density at radius 3 is 2.44 bits per heavy atom. The third kappa shape index (κ3) is 5.72. The number of nitrogens with zero attached hydrogens (tertiary/aromatic N) is 3. The molecule has 3 aromatic rings. The van der Waals surface area contributed by atoms with Crippen molar-refractivity contribution in [2.75, 3.05) is 11.9 Å². The first-order valence-electron chi connectivity index (χ1n) is 9.18. The predicted octanol–water partition coefficient (Wildman–Crippen LogP) is 3.61. The number of hydrogen-bond acceptors (Lipinski definition) is 5. The molecule has 0 aliphatic carbocycles. The van der Waals surface area contributed by atoms with Gasteiger partial charge in [-0.15, -0.1) is 0 Å². The molecule has 0 fully saturated rings. The lowest BCUT2D eigenvalue weighted by Gasteiger charge is -2.12. The highest BCUT2D eigenvalue weighted by Crippen LogP contribution is 2.27. The zero-order valence-corrected chi connectivity index (χ0v) is 16.5. The lowest BCUT2D eigenvalue weighted by atomic mass is 10.1. The molecule has 0 spiro atoms. The van der Waals surface area contributed by atoms with Crippen LogP contribution in [-0.2, 0) is 0 Å². The Morgan fingerprint density at radius 1 is 1.00 bits per heavy atom. The van der Waals surface area contributed by atoms with Crippen molar-refractivity contribution in [1.29, 1.82) is 0 Å². The third-order valence-electron chi connectivity index (χ3n) is 4.04. The molecule has 1 aromatic carbocycles. The van der Waals surface area contributed by atoms with Crippen molar-refractivity contribution in [3.63, 3.8) is 0 Å². The molecule has 0 radical (unpaired) electrons. The second kappa shape index (κ2) is 10.2. The molecular weight excluding hydrogens is 428 g/mol. The van der Waals surface area contributed by atoms with Gasteiger partial charge < -0.3 is 21.5 Å². The van der Waals surface area contributed by atoms with Gasteiger partial charge in [0.2, 0.25) is 5.88 Å². The van der Waals surface area contributed by atoms with Crippen LogP contribution in [0, 0.1) is 11.6 Å². The molecule has 5 N–H and O–H groups in total. The van der Waals surface area contributed by atoms with Gasteiger partial charge in [0.15, 0.2) is 18.4 Å². The number of ether oxygens (including phenoxy) is 1. The molecule has 0 aliphatic heterocycles. The average molecular weight is 446 g/mol. The molecule has 7 nitrogen and oxygen atoms in total. The van der Waals surface area contributed by atoms with Crippen LogP contribution in [0.3, 0.4) is 0 Å². The average Bonchev–Trinajstić information content (AvgIpc) is 2.77. The topological polar surface area (TPSA) is 111 Å². The van der Waals surface area contributed by atoms with Crippen LogP contribution in [0.15, 0.2) is 66.0 Å². The number of anilines is 1. The molecule has 2 heterocycles. The summed E-state index contributed by atoms with van der Waals surface area (Å²) in [4.78, 5) is 11.7. The number of halogens is 4. The molecule has 0 bridgehead atoms. The van der Waals surface area contributed by atoms with E-state index in [-0.39, 0.29) is 34.4 Å². The van der Waals surface area contributed by atoms with E-state index >= 15 is 0 Å². The highest BCUT2D eigenvalue weighted by atomic mass is 19.3. The molecular formula is C21H18F4N6O. The Hall–Kier alpha value is -4.15. The largest absolute Gasteiger partial charge is 0.472 e. The molecule has 32 heavy (non-hydrogen) atoms. The van der Waals surface area contributed by atoms with E-state index in [4.69, 9.17) is 16.2 Å². The zero-order valence-electron chi connectivity index (χ0n) is 16.5. The minimum atomic E-state index is -2.63.